The lowest BCUT2D eigenvalue weighted by Gasteiger charge is -2.11. The third-order valence-electron chi connectivity index (χ3n) is 2.92. The summed E-state index contributed by atoms with van der Waals surface area (Å²) in [7, 11) is 0. The second-order valence-electron chi connectivity index (χ2n) is 4.30. The molecule has 0 radical (unpaired) electrons. The molecule has 0 fully saturated rings. The maximum Gasteiger partial charge on any atom is 0.334 e. The van der Waals surface area contributed by atoms with Gasteiger partial charge in [-0.25, -0.2) is 4.98 Å². The highest BCUT2D eigenvalue weighted by atomic mass is 16.6. The van der Waals surface area contributed by atoms with Crippen molar-refractivity contribution in [2.75, 3.05) is 6.61 Å². The van der Waals surface area contributed by atoms with Crippen LogP contribution in [0.5, 0.6) is 5.75 Å². The van der Waals surface area contributed by atoms with Crippen LogP contribution < -0.4 is 4.74 Å². The fourth-order valence-electron chi connectivity index (χ4n) is 2.03. The van der Waals surface area contributed by atoms with Gasteiger partial charge in [0.2, 0.25) is 0 Å². The van der Waals surface area contributed by atoms with Gasteiger partial charge in [0.05, 0.1) is 11.5 Å². The molecule has 0 bridgehead atoms. The van der Waals surface area contributed by atoms with E-state index in [0.717, 1.165) is 12.2 Å². The Bertz CT molecular complexity index is 607. The fourth-order valence-corrected chi connectivity index (χ4v) is 2.03. The second kappa shape index (κ2) is 6.18. The SMILES string of the molecule is CCCOc1cccc(-n2ccnc2CC)c1[N+](=O)[O-]. The van der Waals surface area contributed by atoms with Gasteiger partial charge in [-0.1, -0.05) is 19.9 Å². The number of aromatic nitrogens is 2. The molecule has 2 rings (SSSR count). The van der Waals surface area contributed by atoms with E-state index in [4.69, 9.17) is 4.74 Å². The van der Waals surface area contributed by atoms with E-state index in [2.05, 4.69) is 4.98 Å². The third kappa shape index (κ3) is 2.64. The van der Waals surface area contributed by atoms with Crippen LogP contribution in [0.15, 0.2) is 30.6 Å². The molecule has 0 amide bonds. The lowest BCUT2D eigenvalue weighted by atomic mass is 10.2. The van der Waals surface area contributed by atoms with Crippen LogP contribution in [0.3, 0.4) is 0 Å². The number of nitrogens with zero attached hydrogens (tertiary/aromatic N) is 3. The summed E-state index contributed by atoms with van der Waals surface area (Å²) in [5, 5.41) is 11.4. The number of aryl methyl sites for hydroxylation is 1. The van der Waals surface area contributed by atoms with Crippen molar-refractivity contribution in [3.8, 4) is 11.4 Å². The minimum atomic E-state index is -0.403. The van der Waals surface area contributed by atoms with Crippen molar-refractivity contribution in [3.05, 3.63) is 46.5 Å². The minimum Gasteiger partial charge on any atom is -0.487 e. The van der Waals surface area contributed by atoms with Crippen molar-refractivity contribution >= 4 is 5.69 Å². The molecule has 1 heterocycles. The number of hydrogen-bond donors (Lipinski definition) is 0. The molecule has 0 spiro atoms. The van der Waals surface area contributed by atoms with E-state index in [1.54, 1.807) is 35.2 Å². The van der Waals surface area contributed by atoms with Crippen LogP contribution >= 0.6 is 0 Å². The summed E-state index contributed by atoms with van der Waals surface area (Å²) in [5.74, 6) is 1.07. The zero-order valence-corrected chi connectivity index (χ0v) is 11.6. The molecule has 6 nitrogen and oxygen atoms in total. The van der Waals surface area contributed by atoms with E-state index in [1.807, 2.05) is 13.8 Å². The highest BCUT2D eigenvalue weighted by molar-refractivity contribution is 5.61. The highest BCUT2D eigenvalue weighted by Crippen LogP contribution is 2.34. The van der Waals surface area contributed by atoms with Gasteiger partial charge >= 0.3 is 5.69 Å². The van der Waals surface area contributed by atoms with Crippen molar-refractivity contribution in [3.63, 3.8) is 0 Å². The molecule has 0 aliphatic heterocycles. The Morgan fingerprint density at radius 2 is 2.20 bits per heavy atom. The molecule has 0 aliphatic carbocycles. The van der Waals surface area contributed by atoms with Crippen LogP contribution in [0.1, 0.15) is 26.1 Å². The Hall–Kier alpha value is -2.37. The average Bonchev–Trinajstić information content (AvgIpc) is 2.92. The second-order valence-corrected chi connectivity index (χ2v) is 4.30. The first-order valence-corrected chi connectivity index (χ1v) is 6.61. The Labute approximate surface area is 117 Å². The molecule has 6 heteroatoms. The van der Waals surface area contributed by atoms with Crippen LogP contribution in [0.25, 0.3) is 5.69 Å². The Balaban J connectivity index is 2.55. The molecule has 106 valence electrons. The van der Waals surface area contributed by atoms with E-state index in [0.29, 0.717) is 24.5 Å². The normalized spacial score (nSPS) is 10.5. The van der Waals surface area contributed by atoms with Gasteiger partial charge in [-0.15, -0.1) is 0 Å². The molecule has 20 heavy (non-hydrogen) atoms. The lowest BCUT2D eigenvalue weighted by molar-refractivity contribution is -0.385. The number of benzene rings is 1. The molecule has 0 aliphatic rings. The standard InChI is InChI=1S/C14H17N3O3/c1-3-10-20-12-7-5-6-11(14(12)17(18)19)16-9-8-15-13(16)4-2/h5-9H,3-4,10H2,1-2H3. The zero-order valence-electron chi connectivity index (χ0n) is 11.6. The summed E-state index contributed by atoms with van der Waals surface area (Å²) in [4.78, 5) is 15.2. The number of nitro benzene ring substituents is 1. The van der Waals surface area contributed by atoms with Crippen LogP contribution in [-0.2, 0) is 6.42 Å². The molecule has 2 aromatic rings. The van der Waals surface area contributed by atoms with E-state index in [-0.39, 0.29) is 5.69 Å². The quantitative estimate of drug-likeness (QED) is 0.600. The molecule has 1 aromatic carbocycles. The number of nitro groups is 1. The largest absolute Gasteiger partial charge is 0.487 e. The maximum absolute atomic E-state index is 11.4. The summed E-state index contributed by atoms with van der Waals surface area (Å²) in [6, 6.07) is 5.09. The van der Waals surface area contributed by atoms with Gasteiger partial charge < -0.3 is 4.74 Å². The summed E-state index contributed by atoms with van der Waals surface area (Å²) in [6.45, 7) is 4.37. The predicted molar refractivity (Wildman–Crippen MR) is 75.4 cm³/mol. The summed E-state index contributed by atoms with van der Waals surface area (Å²) < 4.78 is 7.22. The van der Waals surface area contributed by atoms with Crippen molar-refractivity contribution in [1.82, 2.24) is 9.55 Å². The van der Waals surface area contributed by atoms with Crippen molar-refractivity contribution in [1.29, 1.82) is 0 Å². The highest BCUT2D eigenvalue weighted by Gasteiger charge is 2.23. The third-order valence-corrected chi connectivity index (χ3v) is 2.92. The van der Waals surface area contributed by atoms with Crippen LogP contribution in [-0.4, -0.2) is 21.1 Å². The van der Waals surface area contributed by atoms with Crippen molar-refractivity contribution < 1.29 is 9.66 Å². The van der Waals surface area contributed by atoms with Crippen molar-refractivity contribution in [2.45, 2.75) is 26.7 Å². The first-order valence-electron chi connectivity index (χ1n) is 6.61. The Kier molecular flexibility index (Phi) is 4.34. The van der Waals surface area contributed by atoms with Gasteiger partial charge in [-0.2, -0.15) is 0 Å². The molecule has 0 saturated heterocycles. The molecule has 0 atom stereocenters. The number of ether oxygens (including phenoxy) is 1. The molecule has 1 aromatic heterocycles. The molecule has 0 unspecified atom stereocenters. The summed E-state index contributed by atoms with van der Waals surface area (Å²) in [5.41, 5.74) is 0.464. The van der Waals surface area contributed by atoms with Gasteiger partial charge in [0.1, 0.15) is 11.5 Å². The van der Waals surface area contributed by atoms with E-state index >= 15 is 0 Å². The topological polar surface area (TPSA) is 70.2 Å². The lowest BCUT2D eigenvalue weighted by Crippen LogP contribution is -2.06. The number of hydrogen-bond acceptors (Lipinski definition) is 4. The summed E-state index contributed by atoms with van der Waals surface area (Å²) in [6.07, 6.45) is 4.86. The smallest absolute Gasteiger partial charge is 0.334 e. The fraction of sp³-hybridized carbons (Fsp3) is 0.357. The van der Waals surface area contributed by atoms with Crippen molar-refractivity contribution in [2.24, 2.45) is 0 Å². The number of para-hydroxylation sites is 1. The van der Waals surface area contributed by atoms with Crippen LogP contribution in [0.4, 0.5) is 5.69 Å². The molecule has 0 N–H and O–H groups in total. The number of imidazole rings is 1. The van der Waals surface area contributed by atoms with Crippen LogP contribution in [0, 0.1) is 10.1 Å². The Morgan fingerprint density at radius 3 is 2.85 bits per heavy atom. The van der Waals surface area contributed by atoms with Gasteiger partial charge in [0, 0.05) is 18.8 Å². The molecule has 0 saturated carbocycles. The zero-order chi connectivity index (χ0) is 14.5. The predicted octanol–water partition coefficient (Wildman–Crippen LogP) is 3.13. The van der Waals surface area contributed by atoms with E-state index < -0.39 is 4.92 Å². The van der Waals surface area contributed by atoms with Gasteiger partial charge in [-0.3, -0.25) is 14.7 Å². The maximum atomic E-state index is 11.4. The number of rotatable bonds is 6. The molecular weight excluding hydrogens is 258 g/mol. The monoisotopic (exact) mass is 275 g/mol. The van der Waals surface area contributed by atoms with Gasteiger partial charge in [0.25, 0.3) is 0 Å². The van der Waals surface area contributed by atoms with Gasteiger partial charge in [-0.05, 0) is 18.6 Å². The first-order chi connectivity index (χ1) is 9.69. The average molecular weight is 275 g/mol. The van der Waals surface area contributed by atoms with E-state index in [1.165, 1.54) is 0 Å². The van der Waals surface area contributed by atoms with E-state index in [9.17, 15) is 10.1 Å². The minimum absolute atomic E-state index is 0.0198. The van der Waals surface area contributed by atoms with Gasteiger partial charge in [0.15, 0.2) is 5.75 Å². The molecular formula is C14H17N3O3. The first kappa shape index (κ1) is 14.0. The Morgan fingerprint density at radius 1 is 1.40 bits per heavy atom. The summed E-state index contributed by atoms with van der Waals surface area (Å²) >= 11 is 0. The van der Waals surface area contributed by atoms with Crippen LogP contribution in [0.2, 0.25) is 0 Å².